The Morgan fingerprint density at radius 3 is 2.69 bits per heavy atom. The molecular weight excluding hydrogens is 171 g/mol. The molecule has 0 saturated heterocycles. The van der Waals surface area contributed by atoms with Gasteiger partial charge in [0, 0.05) is 11.1 Å². The van der Waals surface area contributed by atoms with Gasteiger partial charge in [0.05, 0.1) is 7.11 Å². The van der Waals surface area contributed by atoms with E-state index in [2.05, 4.69) is 0 Å². The molecule has 0 amide bonds. The number of ether oxygens (including phenoxy) is 1. The zero-order chi connectivity index (χ0) is 9.84. The van der Waals surface area contributed by atoms with Gasteiger partial charge in [0.15, 0.2) is 6.29 Å². The highest BCUT2D eigenvalue weighted by Gasteiger charge is 2.14. The fraction of sp³-hybridized carbons (Fsp3) is 0.300. The Morgan fingerprint density at radius 1 is 1.54 bits per heavy atom. The number of rotatable bonds is 3. The molecule has 1 aromatic rings. The summed E-state index contributed by atoms with van der Waals surface area (Å²) in [5.41, 5.74) is 0.661. The molecule has 1 rings (SSSR count). The molecule has 0 aromatic heterocycles. The Kier molecular flexibility index (Phi) is 3.01. The van der Waals surface area contributed by atoms with Gasteiger partial charge in [-0.2, -0.15) is 0 Å². The van der Waals surface area contributed by atoms with Gasteiger partial charge in [-0.15, -0.1) is 0 Å². The molecule has 0 bridgehead atoms. The molecule has 0 N–H and O–H groups in total. The minimum absolute atomic E-state index is 0.319. The van der Waals surface area contributed by atoms with E-state index in [-0.39, 0.29) is 0 Å². The van der Waals surface area contributed by atoms with Crippen LogP contribution in [-0.2, 0) is 0 Å². The summed E-state index contributed by atoms with van der Waals surface area (Å²) >= 11 is 0. The van der Waals surface area contributed by atoms with Crippen molar-refractivity contribution in [3.05, 3.63) is 29.3 Å². The highest BCUT2D eigenvalue weighted by atomic mass is 19.1. The standard InChI is InChI=1S/C10H11FO2/c1-7(11)10-8(6-12)4-3-5-9(10)13-2/h3-7H,1-2H3. The van der Waals surface area contributed by atoms with Crippen LogP contribution in [0.25, 0.3) is 0 Å². The van der Waals surface area contributed by atoms with Crippen molar-refractivity contribution >= 4 is 6.29 Å². The fourth-order valence-electron chi connectivity index (χ4n) is 1.27. The predicted molar refractivity (Wildman–Crippen MR) is 47.9 cm³/mol. The van der Waals surface area contributed by atoms with E-state index in [4.69, 9.17) is 4.74 Å². The number of aldehydes is 1. The average Bonchev–Trinajstić information content (AvgIpc) is 2.16. The van der Waals surface area contributed by atoms with Crippen molar-refractivity contribution < 1.29 is 13.9 Å². The third-order valence-corrected chi connectivity index (χ3v) is 1.84. The lowest BCUT2D eigenvalue weighted by Crippen LogP contribution is -1.98. The van der Waals surface area contributed by atoms with E-state index in [9.17, 15) is 9.18 Å². The minimum Gasteiger partial charge on any atom is -0.496 e. The Hall–Kier alpha value is -1.38. The quantitative estimate of drug-likeness (QED) is 0.671. The first-order valence-corrected chi connectivity index (χ1v) is 3.97. The topological polar surface area (TPSA) is 26.3 Å². The van der Waals surface area contributed by atoms with Crippen LogP contribution in [-0.4, -0.2) is 13.4 Å². The van der Waals surface area contributed by atoms with E-state index in [1.54, 1.807) is 18.2 Å². The zero-order valence-corrected chi connectivity index (χ0v) is 7.58. The van der Waals surface area contributed by atoms with Crippen LogP contribution in [0.1, 0.15) is 29.0 Å². The van der Waals surface area contributed by atoms with E-state index < -0.39 is 6.17 Å². The number of carbonyl (C=O) groups is 1. The molecule has 3 heteroatoms. The molecule has 0 aliphatic rings. The van der Waals surface area contributed by atoms with Gasteiger partial charge in [0.1, 0.15) is 11.9 Å². The van der Waals surface area contributed by atoms with Crippen LogP contribution in [0, 0.1) is 0 Å². The molecule has 0 fully saturated rings. The fourth-order valence-corrected chi connectivity index (χ4v) is 1.27. The summed E-state index contributed by atoms with van der Waals surface area (Å²) in [6.45, 7) is 1.38. The Morgan fingerprint density at radius 2 is 2.23 bits per heavy atom. The largest absolute Gasteiger partial charge is 0.496 e. The van der Waals surface area contributed by atoms with Crippen molar-refractivity contribution in [1.29, 1.82) is 0 Å². The number of benzene rings is 1. The number of carbonyl (C=O) groups excluding carboxylic acids is 1. The van der Waals surface area contributed by atoms with Gasteiger partial charge in [-0.1, -0.05) is 12.1 Å². The smallest absolute Gasteiger partial charge is 0.150 e. The van der Waals surface area contributed by atoms with Crippen molar-refractivity contribution in [2.24, 2.45) is 0 Å². The third-order valence-electron chi connectivity index (χ3n) is 1.84. The summed E-state index contributed by atoms with van der Waals surface area (Å²) in [6, 6.07) is 4.87. The molecule has 0 saturated carbocycles. The van der Waals surface area contributed by atoms with Gasteiger partial charge in [0.2, 0.25) is 0 Å². The van der Waals surface area contributed by atoms with Crippen LogP contribution in [0.4, 0.5) is 4.39 Å². The molecule has 1 unspecified atom stereocenters. The van der Waals surface area contributed by atoms with Gasteiger partial charge in [-0.05, 0) is 13.0 Å². The zero-order valence-electron chi connectivity index (χ0n) is 7.58. The highest BCUT2D eigenvalue weighted by Crippen LogP contribution is 2.29. The van der Waals surface area contributed by atoms with Crippen LogP contribution in [0.3, 0.4) is 0 Å². The second-order valence-corrected chi connectivity index (χ2v) is 2.70. The average molecular weight is 182 g/mol. The lowest BCUT2D eigenvalue weighted by atomic mass is 10.0. The Balaban J connectivity index is 3.29. The van der Waals surface area contributed by atoms with Crippen molar-refractivity contribution in [2.45, 2.75) is 13.1 Å². The van der Waals surface area contributed by atoms with Crippen LogP contribution in [0.5, 0.6) is 5.75 Å². The normalized spacial score (nSPS) is 12.2. The van der Waals surface area contributed by atoms with Crippen molar-refractivity contribution in [1.82, 2.24) is 0 Å². The van der Waals surface area contributed by atoms with Crippen molar-refractivity contribution in [2.75, 3.05) is 7.11 Å². The summed E-state index contributed by atoms with van der Waals surface area (Å²) < 4.78 is 18.0. The van der Waals surface area contributed by atoms with Crippen LogP contribution in [0.2, 0.25) is 0 Å². The Bertz CT molecular complexity index is 308. The summed E-state index contributed by atoms with van der Waals surface area (Å²) in [5, 5.41) is 0. The second-order valence-electron chi connectivity index (χ2n) is 2.70. The molecule has 0 heterocycles. The van der Waals surface area contributed by atoms with Crippen molar-refractivity contribution in [3.63, 3.8) is 0 Å². The number of hydrogen-bond donors (Lipinski definition) is 0. The van der Waals surface area contributed by atoms with E-state index in [0.717, 1.165) is 0 Å². The van der Waals surface area contributed by atoms with Gasteiger partial charge in [-0.3, -0.25) is 4.79 Å². The van der Waals surface area contributed by atoms with E-state index in [1.165, 1.54) is 14.0 Å². The van der Waals surface area contributed by atoms with Gasteiger partial charge in [0.25, 0.3) is 0 Å². The van der Waals surface area contributed by atoms with E-state index in [1.807, 2.05) is 0 Å². The summed E-state index contributed by atoms with van der Waals surface area (Å²) in [7, 11) is 1.45. The molecule has 2 nitrogen and oxygen atoms in total. The second kappa shape index (κ2) is 4.03. The summed E-state index contributed by atoms with van der Waals surface area (Å²) in [4.78, 5) is 10.6. The SMILES string of the molecule is COc1cccc(C=O)c1C(C)F. The highest BCUT2D eigenvalue weighted by molar-refractivity contribution is 5.79. The van der Waals surface area contributed by atoms with Gasteiger partial charge < -0.3 is 4.74 Å². The lowest BCUT2D eigenvalue weighted by Gasteiger charge is -2.10. The predicted octanol–water partition coefficient (Wildman–Crippen LogP) is 2.54. The van der Waals surface area contributed by atoms with Crippen LogP contribution in [0.15, 0.2) is 18.2 Å². The van der Waals surface area contributed by atoms with Crippen LogP contribution >= 0.6 is 0 Å². The number of hydrogen-bond acceptors (Lipinski definition) is 2. The van der Waals surface area contributed by atoms with E-state index in [0.29, 0.717) is 23.2 Å². The first-order chi connectivity index (χ1) is 6.20. The number of alkyl halides is 1. The minimum atomic E-state index is -1.20. The summed E-state index contributed by atoms with van der Waals surface area (Å²) in [6.07, 6.45) is -0.565. The maximum absolute atomic E-state index is 13.1. The molecule has 13 heavy (non-hydrogen) atoms. The molecule has 0 radical (unpaired) electrons. The molecule has 1 aromatic carbocycles. The maximum Gasteiger partial charge on any atom is 0.150 e. The summed E-state index contributed by atoms with van der Waals surface area (Å²) in [5.74, 6) is 0.416. The first-order valence-electron chi connectivity index (χ1n) is 3.97. The molecule has 1 atom stereocenters. The first kappa shape index (κ1) is 9.71. The number of halogens is 1. The number of methoxy groups -OCH3 is 1. The van der Waals surface area contributed by atoms with Crippen LogP contribution < -0.4 is 4.74 Å². The monoisotopic (exact) mass is 182 g/mol. The van der Waals surface area contributed by atoms with Crippen molar-refractivity contribution in [3.8, 4) is 5.75 Å². The maximum atomic E-state index is 13.1. The van der Waals surface area contributed by atoms with E-state index >= 15 is 0 Å². The van der Waals surface area contributed by atoms with Gasteiger partial charge in [-0.25, -0.2) is 4.39 Å². The lowest BCUT2D eigenvalue weighted by molar-refractivity contribution is 0.112. The van der Waals surface area contributed by atoms with Gasteiger partial charge >= 0.3 is 0 Å². The molecule has 0 aliphatic carbocycles. The molecule has 0 aliphatic heterocycles. The molecular formula is C10H11FO2. The molecule has 0 spiro atoms. The third kappa shape index (κ3) is 1.86. The molecule has 70 valence electrons. The Labute approximate surface area is 76.3 Å².